The maximum absolute atomic E-state index is 12.4. The first-order valence-electron chi connectivity index (χ1n) is 8.98. The number of piperazine rings is 1. The van der Waals surface area contributed by atoms with E-state index in [4.69, 9.17) is 0 Å². The first-order valence-corrected chi connectivity index (χ1v) is 8.98. The number of allylic oxidation sites excluding steroid dienone is 1. The molecule has 1 atom stereocenters. The molecule has 2 rings (SSSR count). The van der Waals surface area contributed by atoms with Crippen molar-refractivity contribution in [1.82, 2.24) is 9.80 Å². The van der Waals surface area contributed by atoms with E-state index >= 15 is 0 Å². The zero-order chi connectivity index (χ0) is 15.8. The van der Waals surface area contributed by atoms with Crippen LogP contribution < -0.4 is 0 Å². The van der Waals surface area contributed by atoms with E-state index in [-0.39, 0.29) is 6.10 Å². The molecule has 1 aliphatic heterocycles. The number of hydrogen-bond acceptors (Lipinski definition) is 3. The highest BCUT2D eigenvalue weighted by atomic mass is 16.3. The molecular formula is C18H32N2O2. The molecule has 0 aromatic carbocycles. The summed E-state index contributed by atoms with van der Waals surface area (Å²) < 4.78 is 0. The van der Waals surface area contributed by atoms with Gasteiger partial charge in [0, 0.05) is 39.1 Å². The van der Waals surface area contributed by atoms with Crippen molar-refractivity contribution in [2.75, 3.05) is 32.7 Å². The first-order chi connectivity index (χ1) is 10.7. The van der Waals surface area contributed by atoms with Crippen LogP contribution in [0.5, 0.6) is 0 Å². The van der Waals surface area contributed by atoms with E-state index in [1.807, 2.05) is 11.0 Å². The molecule has 0 radical (unpaired) electrons. The maximum Gasteiger partial charge on any atom is 0.222 e. The van der Waals surface area contributed by atoms with Gasteiger partial charge < -0.3 is 10.0 Å². The maximum atomic E-state index is 12.4. The number of rotatable bonds is 7. The standard InChI is InChI=1S/C18H32N2O2/c1-2-3-9-17(21)15-19-10-12-20(13-11-19)18(22)14-16-7-5-4-6-8-16/h2,16-17,21H,1,3-15H2. The fourth-order valence-corrected chi connectivity index (χ4v) is 3.65. The highest BCUT2D eigenvalue weighted by Crippen LogP contribution is 2.27. The lowest BCUT2D eigenvalue weighted by Crippen LogP contribution is -2.50. The Labute approximate surface area is 135 Å². The quantitative estimate of drug-likeness (QED) is 0.735. The van der Waals surface area contributed by atoms with Crippen LogP contribution in [0, 0.1) is 5.92 Å². The van der Waals surface area contributed by atoms with E-state index in [2.05, 4.69) is 11.5 Å². The van der Waals surface area contributed by atoms with E-state index in [1.54, 1.807) is 0 Å². The molecule has 1 amide bonds. The Morgan fingerprint density at radius 2 is 1.86 bits per heavy atom. The van der Waals surface area contributed by atoms with Gasteiger partial charge in [0.15, 0.2) is 0 Å². The molecule has 1 aliphatic carbocycles. The highest BCUT2D eigenvalue weighted by Gasteiger charge is 2.25. The summed E-state index contributed by atoms with van der Waals surface area (Å²) in [4.78, 5) is 16.7. The van der Waals surface area contributed by atoms with Gasteiger partial charge in [-0.25, -0.2) is 0 Å². The average Bonchev–Trinajstić information content (AvgIpc) is 2.54. The molecule has 0 aromatic heterocycles. The molecule has 1 N–H and O–H groups in total. The number of nitrogens with zero attached hydrogens (tertiary/aromatic N) is 2. The lowest BCUT2D eigenvalue weighted by atomic mass is 9.86. The van der Waals surface area contributed by atoms with Crippen LogP contribution in [0.3, 0.4) is 0 Å². The largest absolute Gasteiger partial charge is 0.392 e. The Balaban J connectivity index is 1.65. The predicted molar refractivity (Wildman–Crippen MR) is 89.6 cm³/mol. The number of β-amino-alcohol motifs (C(OH)–C–C–N with tert-alkyl or cyclic N) is 1. The minimum absolute atomic E-state index is 0.275. The van der Waals surface area contributed by atoms with E-state index in [1.165, 1.54) is 32.1 Å². The molecule has 0 aromatic rings. The molecule has 1 saturated carbocycles. The summed E-state index contributed by atoms with van der Waals surface area (Å²) in [5.74, 6) is 0.971. The molecule has 4 heteroatoms. The number of hydrogen-bond donors (Lipinski definition) is 1. The molecule has 126 valence electrons. The summed E-state index contributed by atoms with van der Waals surface area (Å²) in [5, 5.41) is 9.95. The zero-order valence-corrected chi connectivity index (χ0v) is 13.9. The Morgan fingerprint density at radius 3 is 2.50 bits per heavy atom. The average molecular weight is 308 g/mol. The second kappa shape index (κ2) is 9.31. The van der Waals surface area contributed by atoms with E-state index < -0.39 is 0 Å². The summed E-state index contributed by atoms with van der Waals surface area (Å²) in [7, 11) is 0. The first kappa shape index (κ1) is 17.5. The second-order valence-corrected chi connectivity index (χ2v) is 6.91. The Morgan fingerprint density at radius 1 is 1.18 bits per heavy atom. The molecule has 1 unspecified atom stereocenters. The summed E-state index contributed by atoms with van der Waals surface area (Å²) in [6.07, 6.45) is 10.4. The fourth-order valence-electron chi connectivity index (χ4n) is 3.65. The van der Waals surface area contributed by atoms with Crippen molar-refractivity contribution >= 4 is 5.91 Å². The third-order valence-corrected chi connectivity index (χ3v) is 5.09. The fraction of sp³-hybridized carbons (Fsp3) is 0.833. The summed E-state index contributed by atoms with van der Waals surface area (Å²) in [6.45, 7) is 7.83. The lowest BCUT2D eigenvalue weighted by Gasteiger charge is -2.36. The van der Waals surface area contributed by atoms with Gasteiger partial charge in [-0.2, -0.15) is 0 Å². The van der Waals surface area contributed by atoms with E-state index in [0.717, 1.165) is 52.0 Å². The molecule has 2 aliphatic rings. The van der Waals surface area contributed by atoms with Crippen molar-refractivity contribution in [2.24, 2.45) is 5.92 Å². The molecular weight excluding hydrogens is 276 g/mol. The van der Waals surface area contributed by atoms with Gasteiger partial charge >= 0.3 is 0 Å². The molecule has 4 nitrogen and oxygen atoms in total. The van der Waals surface area contributed by atoms with Gasteiger partial charge in [0.2, 0.25) is 5.91 Å². The van der Waals surface area contributed by atoms with Crippen molar-refractivity contribution in [2.45, 2.75) is 57.5 Å². The summed E-state index contributed by atoms with van der Waals surface area (Å²) in [6, 6.07) is 0. The van der Waals surface area contributed by atoms with Crippen LogP contribution >= 0.6 is 0 Å². The minimum Gasteiger partial charge on any atom is -0.392 e. The van der Waals surface area contributed by atoms with E-state index in [0.29, 0.717) is 11.8 Å². The van der Waals surface area contributed by atoms with Crippen molar-refractivity contribution in [3.63, 3.8) is 0 Å². The number of aliphatic hydroxyl groups is 1. The zero-order valence-electron chi connectivity index (χ0n) is 13.9. The molecule has 1 heterocycles. The summed E-state index contributed by atoms with van der Waals surface area (Å²) >= 11 is 0. The topological polar surface area (TPSA) is 43.8 Å². The van der Waals surface area contributed by atoms with E-state index in [9.17, 15) is 9.90 Å². The Hall–Kier alpha value is -0.870. The van der Waals surface area contributed by atoms with Gasteiger partial charge in [-0.3, -0.25) is 9.69 Å². The van der Waals surface area contributed by atoms with Crippen molar-refractivity contribution < 1.29 is 9.90 Å². The van der Waals surface area contributed by atoms with Crippen LogP contribution in [0.4, 0.5) is 0 Å². The van der Waals surface area contributed by atoms with Gasteiger partial charge in [-0.1, -0.05) is 25.3 Å². The molecule has 0 bridgehead atoms. The third-order valence-electron chi connectivity index (χ3n) is 5.09. The SMILES string of the molecule is C=CCCC(O)CN1CCN(C(=O)CC2CCCCC2)CC1. The van der Waals surface area contributed by atoms with Gasteiger partial charge in [0.25, 0.3) is 0 Å². The number of carbonyl (C=O) groups excluding carboxylic acids is 1. The van der Waals surface area contributed by atoms with Crippen LogP contribution in [0.2, 0.25) is 0 Å². The lowest BCUT2D eigenvalue weighted by molar-refractivity contribution is -0.134. The molecule has 0 spiro atoms. The van der Waals surface area contributed by atoms with Gasteiger partial charge in [-0.05, 0) is 31.6 Å². The number of carbonyl (C=O) groups is 1. The number of aliphatic hydroxyl groups excluding tert-OH is 1. The van der Waals surface area contributed by atoms with Gasteiger partial charge in [0.1, 0.15) is 0 Å². The monoisotopic (exact) mass is 308 g/mol. The van der Waals surface area contributed by atoms with Crippen molar-refractivity contribution in [3.8, 4) is 0 Å². The van der Waals surface area contributed by atoms with Gasteiger partial charge in [-0.15, -0.1) is 6.58 Å². The molecule has 2 fully saturated rings. The van der Waals surface area contributed by atoms with Crippen LogP contribution in [0.25, 0.3) is 0 Å². The van der Waals surface area contributed by atoms with Crippen LogP contribution in [0.15, 0.2) is 12.7 Å². The predicted octanol–water partition coefficient (Wildman–Crippen LogP) is 2.43. The van der Waals surface area contributed by atoms with Crippen molar-refractivity contribution in [3.05, 3.63) is 12.7 Å². The smallest absolute Gasteiger partial charge is 0.222 e. The highest BCUT2D eigenvalue weighted by molar-refractivity contribution is 5.76. The summed E-state index contributed by atoms with van der Waals surface area (Å²) in [5.41, 5.74) is 0. The van der Waals surface area contributed by atoms with Crippen LogP contribution in [0.1, 0.15) is 51.4 Å². The normalized spacial score (nSPS) is 22.5. The third kappa shape index (κ3) is 5.73. The number of amides is 1. The minimum atomic E-state index is -0.275. The Bertz CT molecular complexity index is 345. The van der Waals surface area contributed by atoms with Crippen LogP contribution in [-0.2, 0) is 4.79 Å². The second-order valence-electron chi connectivity index (χ2n) is 6.91. The van der Waals surface area contributed by atoms with Crippen LogP contribution in [-0.4, -0.2) is 59.6 Å². The van der Waals surface area contributed by atoms with Crippen molar-refractivity contribution in [1.29, 1.82) is 0 Å². The molecule has 1 saturated heterocycles. The Kier molecular flexibility index (Phi) is 7.40. The van der Waals surface area contributed by atoms with Gasteiger partial charge in [0.05, 0.1) is 6.10 Å². The molecule has 22 heavy (non-hydrogen) atoms.